The fourth-order valence-corrected chi connectivity index (χ4v) is 1.64. The molecule has 1 amide bonds. The van der Waals surface area contributed by atoms with E-state index in [-0.39, 0.29) is 19.0 Å². The highest BCUT2D eigenvalue weighted by Gasteiger charge is 2.21. The van der Waals surface area contributed by atoms with Gasteiger partial charge < -0.3 is 14.9 Å². The van der Waals surface area contributed by atoms with Gasteiger partial charge in [0.05, 0.1) is 12.1 Å². The van der Waals surface area contributed by atoms with Crippen molar-refractivity contribution in [3.8, 4) is 0 Å². The predicted molar refractivity (Wildman–Crippen MR) is 69.9 cm³/mol. The Morgan fingerprint density at radius 3 is 2.05 bits per heavy atom. The number of hydrogen-bond acceptors (Lipinski definition) is 3. The minimum atomic E-state index is -1.42. The van der Waals surface area contributed by atoms with Gasteiger partial charge >= 0.3 is 5.97 Å². The van der Waals surface area contributed by atoms with Crippen molar-refractivity contribution in [2.45, 2.75) is 6.92 Å². The summed E-state index contributed by atoms with van der Waals surface area (Å²) < 4.78 is 27.8. The predicted octanol–water partition coefficient (Wildman–Crippen LogP) is 1.58. The summed E-state index contributed by atoms with van der Waals surface area (Å²) in [6.45, 7) is 1.66. The summed E-state index contributed by atoms with van der Waals surface area (Å²) in [7, 11) is 3.08. The van der Waals surface area contributed by atoms with Gasteiger partial charge in [-0.3, -0.25) is 4.79 Å². The van der Waals surface area contributed by atoms with Crippen molar-refractivity contribution in [3.05, 3.63) is 29.3 Å². The first kappa shape index (κ1) is 15.9. The van der Waals surface area contributed by atoms with Crippen molar-refractivity contribution in [1.82, 2.24) is 4.90 Å². The third-order valence-electron chi connectivity index (χ3n) is 2.79. The summed E-state index contributed by atoms with van der Waals surface area (Å²) in [6, 6.07) is 1.48. The molecule has 1 aromatic carbocycles. The average molecular weight is 286 g/mol. The second-order valence-electron chi connectivity index (χ2n) is 4.40. The summed E-state index contributed by atoms with van der Waals surface area (Å²) in [5.74, 6) is -3.73. The van der Waals surface area contributed by atoms with E-state index in [1.54, 1.807) is 6.92 Å². The number of carbonyl (C=O) groups is 2. The maximum absolute atomic E-state index is 13.9. The standard InChI is InChI=1S/C13H16F2N2O3/c1-4-17(7-11(18)16(2)3)12-9(14)5-8(13(19)20)6-10(12)15/h5-6H,4,7H2,1-3H3,(H,19,20). The van der Waals surface area contributed by atoms with Gasteiger partial charge in [0.15, 0.2) is 0 Å². The Hall–Kier alpha value is -2.18. The average Bonchev–Trinajstić information content (AvgIpc) is 2.35. The zero-order valence-electron chi connectivity index (χ0n) is 11.5. The molecule has 110 valence electrons. The molecule has 0 aliphatic carbocycles. The molecular formula is C13H16F2N2O3. The summed E-state index contributed by atoms with van der Waals surface area (Å²) in [6.07, 6.45) is 0. The van der Waals surface area contributed by atoms with Gasteiger partial charge in [0, 0.05) is 20.6 Å². The van der Waals surface area contributed by atoms with E-state index in [1.807, 2.05) is 0 Å². The van der Waals surface area contributed by atoms with Gasteiger partial charge in [-0.15, -0.1) is 0 Å². The molecule has 0 aromatic heterocycles. The van der Waals surface area contributed by atoms with Crippen molar-refractivity contribution in [2.75, 3.05) is 32.1 Å². The number of amides is 1. The smallest absolute Gasteiger partial charge is 0.335 e. The lowest BCUT2D eigenvalue weighted by atomic mass is 10.1. The van der Waals surface area contributed by atoms with Crippen LogP contribution in [0.3, 0.4) is 0 Å². The van der Waals surface area contributed by atoms with Crippen LogP contribution in [0.25, 0.3) is 0 Å². The quantitative estimate of drug-likeness (QED) is 0.892. The summed E-state index contributed by atoms with van der Waals surface area (Å²) in [5.41, 5.74) is -0.869. The molecule has 1 N–H and O–H groups in total. The molecule has 0 aliphatic rings. The lowest BCUT2D eigenvalue weighted by Gasteiger charge is -2.25. The maximum Gasteiger partial charge on any atom is 0.335 e. The lowest BCUT2D eigenvalue weighted by molar-refractivity contribution is -0.127. The van der Waals surface area contributed by atoms with Crippen molar-refractivity contribution in [3.63, 3.8) is 0 Å². The van der Waals surface area contributed by atoms with Crippen LogP contribution < -0.4 is 4.90 Å². The number of anilines is 1. The largest absolute Gasteiger partial charge is 0.478 e. The fourth-order valence-electron chi connectivity index (χ4n) is 1.64. The van der Waals surface area contributed by atoms with Gasteiger partial charge in [0.1, 0.15) is 17.3 Å². The van der Waals surface area contributed by atoms with Crippen LogP contribution in [-0.2, 0) is 4.79 Å². The Morgan fingerprint density at radius 1 is 1.20 bits per heavy atom. The van der Waals surface area contributed by atoms with E-state index < -0.39 is 28.9 Å². The van der Waals surface area contributed by atoms with Crippen LogP contribution in [0.5, 0.6) is 0 Å². The number of carbonyl (C=O) groups excluding carboxylic acids is 1. The zero-order chi connectivity index (χ0) is 15.4. The van der Waals surface area contributed by atoms with Gasteiger partial charge in [-0.2, -0.15) is 0 Å². The van der Waals surface area contributed by atoms with E-state index in [0.717, 1.165) is 12.1 Å². The molecule has 0 unspecified atom stereocenters. The number of hydrogen-bond donors (Lipinski definition) is 1. The summed E-state index contributed by atoms with van der Waals surface area (Å²) >= 11 is 0. The van der Waals surface area contributed by atoms with Gasteiger partial charge in [-0.05, 0) is 19.1 Å². The molecule has 1 aromatic rings. The van der Waals surface area contributed by atoms with E-state index >= 15 is 0 Å². The van der Waals surface area contributed by atoms with Crippen LogP contribution in [0.2, 0.25) is 0 Å². The molecule has 20 heavy (non-hydrogen) atoms. The highest BCUT2D eigenvalue weighted by atomic mass is 19.1. The highest BCUT2D eigenvalue weighted by Crippen LogP contribution is 2.25. The van der Waals surface area contributed by atoms with E-state index in [9.17, 15) is 18.4 Å². The second-order valence-corrected chi connectivity index (χ2v) is 4.40. The highest BCUT2D eigenvalue weighted by molar-refractivity contribution is 5.88. The number of carboxylic acid groups (broad SMARTS) is 1. The Labute approximate surface area is 115 Å². The Bertz CT molecular complexity index is 509. The molecule has 0 fully saturated rings. The molecule has 1 rings (SSSR count). The third-order valence-corrected chi connectivity index (χ3v) is 2.79. The Morgan fingerprint density at radius 2 is 1.70 bits per heavy atom. The van der Waals surface area contributed by atoms with Crippen molar-refractivity contribution in [2.24, 2.45) is 0 Å². The van der Waals surface area contributed by atoms with Crippen LogP contribution >= 0.6 is 0 Å². The van der Waals surface area contributed by atoms with Crippen LogP contribution in [0.4, 0.5) is 14.5 Å². The molecular weight excluding hydrogens is 270 g/mol. The van der Waals surface area contributed by atoms with E-state index in [2.05, 4.69) is 0 Å². The molecule has 0 aliphatic heterocycles. The number of carboxylic acids is 1. The molecule has 0 saturated heterocycles. The summed E-state index contributed by atoms with van der Waals surface area (Å²) in [4.78, 5) is 24.9. The van der Waals surface area contributed by atoms with Crippen LogP contribution in [0.1, 0.15) is 17.3 Å². The maximum atomic E-state index is 13.9. The minimum Gasteiger partial charge on any atom is -0.478 e. The van der Waals surface area contributed by atoms with Gasteiger partial charge in [-0.25, -0.2) is 13.6 Å². The van der Waals surface area contributed by atoms with Crippen molar-refractivity contribution in [1.29, 1.82) is 0 Å². The first-order valence-electron chi connectivity index (χ1n) is 5.95. The van der Waals surface area contributed by atoms with E-state index in [4.69, 9.17) is 5.11 Å². The minimum absolute atomic E-state index is 0.191. The van der Waals surface area contributed by atoms with Crippen LogP contribution in [-0.4, -0.2) is 49.1 Å². The number of halogens is 2. The molecule has 0 radical (unpaired) electrons. The van der Waals surface area contributed by atoms with Gasteiger partial charge in [-0.1, -0.05) is 0 Å². The van der Waals surface area contributed by atoms with E-state index in [1.165, 1.54) is 23.9 Å². The zero-order valence-corrected chi connectivity index (χ0v) is 11.5. The van der Waals surface area contributed by atoms with E-state index in [0.29, 0.717) is 0 Å². The van der Waals surface area contributed by atoms with Crippen molar-refractivity contribution >= 4 is 17.6 Å². The normalized spacial score (nSPS) is 10.2. The van der Waals surface area contributed by atoms with Crippen LogP contribution in [0, 0.1) is 11.6 Å². The third kappa shape index (κ3) is 3.43. The Balaban J connectivity index is 3.16. The summed E-state index contributed by atoms with van der Waals surface area (Å²) in [5, 5.41) is 8.73. The number of benzene rings is 1. The molecule has 0 spiro atoms. The van der Waals surface area contributed by atoms with Crippen molar-refractivity contribution < 1.29 is 23.5 Å². The molecule has 0 heterocycles. The van der Waals surface area contributed by atoms with Crippen LogP contribution in [0.15, 0.2) is 12.1 Å². The fraction of sp³-hybridized carbons (Fsp3) is 0.385. The first-order valence-corrected chi connectivity index (χ1v) is 5.95. The second kappa shape index (κ2) is 6.31. The number of nitrogens with zero attached hydrogens (tertiary/aromatic N) is 2. The molecule has 5 nitrogen and oxygen atoms in total. The van der Waals surface area contributed by atoms with Gasteiger partial charge in [0.2, 0.25) is 5.91 Å². The number of rotatable bonds is 5. The molecule has 0 bridgehead atoms. The number of likely N-dealkylation sites (N-methyl/N-ethyl adjacent to an activating group) is 2. The molecule has 0 atom stereocenters. The van der Waals surface area contributed by atoms with Gasteiger partial charge in [0.25, 0.3) is 0 Å². The Kier molecular flexibility index (Phi) is 5.01. The molecule has 0 saturated carbocycles. The monoisotopic (exact) mass is 286 g/mol. The SMILES string of the molecule is CCN(CC(=O)N(C)C)c1c(F)cc(C(=O)O)cc1F. The topological polar surface area (TPSA) is 60.9 Å². The molecule has 7 heteroatoms. The first-order chi connectivity index (χ1) is 9.27. The lowest BCUT2D eigenvalue weighted by Crippen LogP contribution is -2.37. The number of aromatic carboxylic acids is 1.